The number of nitrogens with zero attached hydrogens (tertiary/aromatic N) is 1. The van der Waals surface area contributed by atoms with E-state index >= 15 is 0 Å². The molecule has 0 aliphatic carbocycles. The number of likely N-dealkylation sites (tertiary alicyclic amines) is 1. The number of benzene rings is 1. The zero-order chi connectivity index (χ0) is 13.2. The van der Waals surface area contributed by atoms with Crippen molar-refractivity contribution in [1.29, 1.82) is 0 Å². The average molecular weight is 316 g/mol. The third-order valence-corrected chi connectivity index (χ3v) is 4.58. The van der Waals surface area contributed by atoms with E-state index in [1.54, 1.807) is 6.07 Å². The van der Waals surface area contributed by atoms with Gasteiger partial charge in [-0.15, -0.1) is 0 Å². The standard InChI is InChI=1S/C14H19BrFNO/c1-17-8-3-6-14(18,7-9-17)10-11-4-2-5-12(16)13(11)15/h2,4-5,18H,3,6-10H2,1H3. The first kappa shape index (κ1) is 14.0. The van der Waals surface area contributed by atoms with Gasteiger partial charge in [0.05, 0.1) is 10.1 Å². The Balaban J connectivity index is 2.14. The predicted molar refractivity (Wildman–Crippen MR) is 74.1 cm³/mol. The topological polar surface area (TPSA) is 23.5 Å². The number of halogens is 2. The first-order valence-corrected chi connectivity index (χ1v) is 7.13. The first-order valence-electron chi connectivity index (χ1n) is 6.34. The van der Waals surface area contributed by atoms with Crippen LogP contribution in [-0.2, 0) is 6.42 Å². The molecule has 4 heteroatoms. The van der Waals surface area contributed by atoms with Crippen molar-refractivity contribution in [3.05, 3.63) is 34.1 Å². The van der Waals surface area contributed by atoms with Crippen LogP contribution in [0.25, 0.3) is 0 Å². The van der Waals surface area contributed by atoms with Crippen molar-refractivity contribution >= 4 is 15.9 Å². The fourth-order valence-electron chi connectivity index (χ4n) is 2.53. The molecule has 1 aliphatic rings. The Bertz CT molecular complexity index is 426. The van der Waals surface area contributed by atoms with Crippen molar-refractivity contribution in [2.75, 3.05) is 20.1 Å². The van der Waals surface area contributed by atoms with E-state index in [4.69, 9.17) is 0 Å². The van der Waals surface area contributed by atoms with E-state index in [-0.39, 0.29) is 5.82 Å². The zero-order valence-corrected chi connectivity index (χ0v) is 12.2. The summed E-state index contributed by atoms with van der Waals surface area (Å²) >= 11 is 3.27. The smallest absolute Gasteiger partial charge is 0.137 e. The van der Waals surface area contributed by atoms with Crippen molar-refractivity contribution in [3.8, 4) is 0 Å². The molecule has 0 amide bonds. The Morgan fingerprint density at radius 1 is 1.39 bits per heavy atom. The molecular formula is C14H19BrFNO. The number of hydrogen-bond donors (Lipinski definition) is 1. The monoisotopic (exact) mass is 315 g/mol. The van der Waals surface area contributed by atoms with E-state index in [0.29, 0.717) is 10.9 Å². The van der Waals surface area contributed by atoms with Crippen LogP contribution in [0.1, 0.15) is 24.8 Å². The molecular weight excluding hydrogens is 297 g/mol. The molecule has 1 aromatic rings. The maximum Gasteiger partial charge on any atom is 0.137 e. The summed E-state index contributed by atoms with van der Waals surface area (Å²) in [6, 6.07) is 5.00. The normalized spacial score (nSPS) is 26.0. The Kier molecular flexibility index (Phi) is 4.41. The maximum atomic E-state index is 13.5. The highest BCUT2D eigenvalue weighted by Gasteiger charge is 2.30. The van der Waals surface area contributed by atoms with E-state index in [1.165, 1.54) is 6.07 Å². The molecule has 2 rings (SSSR count). The second-order valence-electron chi connectivity index (χ2n) is 5.27. The van der Waals surface area contributed by atoms with Crippen LogP contribution in [0, 0.1) is 5.82 Å². The van der Waals surface area contributed by atoms with Gasteiger partial charge in [0.2, 0.25) is 0 Å². The predicted octanol–water partition coefficient (Wildman–Crippen LogP) is 2.98. The lowest BCUT2D eigenvalue weighted by atomic mass is 9.88. The largest absolute Gasteiger partial charge is 0.389 e. The fraction of sp³-hybridized carbons (Fsp3) is 0.571. The van der Waals surface area contributed by atoms with Crippen molar-refractivity contribution in [2.24, 2.45) is 0 Å². The highest BCUT2D eigenvalue weighted by Crippen LogP contribution is 2.30. The summed E-state index contributed by atoms with van der Waals surface area (Å²) in [6.07, 6.45) is 3.02. The lowest BCUT2D eigenvalue weighted by Crippen LogP contribution is -2.33. The molecule has 100 valence electrons. The van der Waals surface area contributed by atoms with Gasteiger partial charge >= 0.3 is 0 Å². The molecule has 1 heterocycles. The first-order chi connectivity index (χ1) is 8.50. The Morgan fingerprint density at radius 2 is 2.17 bits per heavy atom. The lowest BCUT2D eigenvalue weighted by Gasteiger charge is -2.27. The van der Waals surface area contributed by atoms with Crippen LogP contribution in [0.3, 0.4) is 0 Å². The molecule has 1 aromatic carbocycles. The van der Waals surface area contributed by atoms with Crippen molar-refractivity contribution in [3.63, 3.8) is 0 Å². The molecule has 18 heavy (non-hydrogen) atoms. The van der Waals surface area contributed by atoms with Crippen LogP contribution in [-0.4, -0.2) is 35.7 Å². The minimum Gasteiger partial charge on any atom is -0.389 e. The van der Waals surface area contributed by atoms with Crippen LogP contribution in [0.2, 0.25) is 0 Å². The molecule has 0 aromatic heterocycles. The van der Waals surface area contributed by atoms with Gasteiger partial charge in [-0.25, -0.2) is 4.39 Å². The summed E-state index contributed by atoms with van der Waals surface area (Å²) < 4.78 is 13.9. The minimum absolute atomic E-state index is 0.262. The van der Waals surface area contributed by atoms with Crippen LogP contribution in [0.5, 0.6) is 0 Å². The quantitative estimate of drug-likeness (QED) is 0.907. The molecule has 0 saturated carbocycles. The van der Waals surface area contributed by atoms with Crippen molar-refractivity contribution in [1.82, 2.24) is 4.90 Å². The van der Waals surface area contributed by atoms with E-state index in [9.17, 15) is 9.50 Å². The summed E-state index contributed by atoms with van der Waals surface area (Å²) in [4.78, 5) is 2.23. The molecule has 1 unspecified atom stereocenters. The van der Waals surface area contributed by atoms with Crippen molar-refractivity contribution < 1.29 is 9.50 Å². The highest BCUT2D eigenvalue weighted by molar-refractivity contribution is 9.10. The van der Waals surface area contributed by atoms with Gasteiger partial charge in [-0.1, -0.05) is 12.1 Å². The third-order valence-electron chi connectivity index (χ3n) is 3.69. The highest BCUT2D eigenvalue weighted by atomic mass is 79.9. The second kappa shape index (κ2) is 5.68. The van der Waals surface area contributed by atoms with Gasteiger partial charge in [-0.3, -0.25) is 0 Å². The second-order valence-corrected chi connectivity index (χ2v) is 6.06. The summed E-state index contributed by atoms with van der Waals surface area (Å²) in [5.74, 6) is -0.262. The van der Waals surface area contributed by atoms with Gasteiger partial charge < -0.3 is 10.0 Å². The summed E-state index contributed by atoms with van der Waals surface area (Å²) in [5, 5.41) is 10.7. The molecule has 1 aliphatic heterocycles. The van der Waals surface area contributed by atoms with Crippen LogP contribution < -0.4 is 0 Å². The number of aliphatic hydroxyl groups is 1. The number of hydrogen-bond acceptors (Lipinski definition) is 2. The molecule has 2 nitrogen and oxygen atoms in total. The van der Waals surface area contributed by atoms with E-state index in [1.807, 2.05) is 6.07 Å². The number of rotatable bonds is 2. The molecule has 1 atom stereocenters. The van der Waals surface area contributed by atoms with E-state index in [2.05, 4.69) is 27.9 Å². The SMILES string of the molecule is CN1CCCC(O)(Cc2cccc(F)c2Br)CC1. The van der Waals surface area contributed by atoms with Gasteiger partial charge in [-0.05, 0) is 60.4 Å². The van der Waals surface area contributed by atoms with Gasteiger partial charge in [0.15, 0.2) is 0 Å². The van der Waals surface area contributed by atoms with Gasteiger partial charge in [0, 0.05) is 13.0 Å². The Morgan fingerprint density at radius 3 is 2.94 bits per heavy atom. The van der Waals surface area contributed by atoms with Crippen LogP contribution in [0.15, 0.2) is 22.7 Å². The van der Waals surface area contributed by atoms with Gasteiger partial charge in [0.1, 0.15) is 5.82 Å². The Labute approximate surface area is 116 Å². The average Bonchev–Trinajstić information content (AvgIpc) is 2.48. The lowest BCUT2D eigenvalue weighted by molar-refractivity contribution is 0.0261. The van der Waals surface area contributed by atoms with E-state index < -0.39 is 5.60 Å². The molecule has 1 fully saturated rings. The fourth-order valence-corrected chi connectivity index (χ4v) is 2.93. The summed E-state index contributed by atoms with van der Waals surface area (Å²) in [7, 11) is 2.07. The van der Waals surface area contributed by atoms with Crippen LogP contribution >= 0.6 is 15.9 Å². The third kappa shape index (κ3) is 3.31. The van der Waals surface area contributed by atoms with Gasteiger partial charge in [-0.2, -0.15) is 0 Å². The summed E-state index contributed by atoms with van der Waals surface area (Å²) in [5.41, 5.74) is 0.142. The van der Waals surface area contributed by atoms with Gasteiger partial charge in [0.25, 0.3) is 0 Å². The molecule has 0 radical (unpaired) electrons. The molecule has 0 spiro atoms. The molecule has 0 bridgehead atoms. The molecule has 1 saturated heterocycles. The van der Waals surface area contributed by atoms with Crippen molar-refractivity contribution in [2.45, 2.75) is 31.3 Å². The minimum atomic E-state index is -0.707. The summed E-state index contributed by atoms with van der Waals surface area (Å²) in [6.45, 7) is 1.91. The zero-order valence-electron chi connectivity index (χ0n) is 10.6. The van der Waals surface area contributed by atoms with E-state index in [0.717, 1.165) is 37.9 Å². The maximum absolute atomic E-state index is 13.5. The van der Waals surface area contributed by atoms with Crippen LogP contribution in [0.4, 0.5) is 4.39 Å². The molecule has 1 N–H and O–H groups in total. The Hall–Kier alpha value is -0.450.